The monoisotopic (exact) mass is 289 g/mol. The summed E-state index contributed by atoms with van der Waals surface area (Å²) in [6.45, 7) is 1.13. The summed E-state index contributed by atoms with van der Waals surface area (Å²) in [5, 5.41) is 3.14. The molecule has 3 aliphatic rings. The predicted molar refractivity (Wildman–Crippen MR) is 75.3 cm³/mol. The number of ether oxygens (including phenoxy) is 3. The zero-order chi connectivity index (χ0) is 14.2. The molecular weight excluding hydrogens is 270 g/mol. The van der Waals surface area contributed by atoms with Gasteiger partial charge in [-0.3, -0.25) is 4.79 Å². The SMILES string of the molecule is O=C(CCc1ccc2c(c1)OCO2)N[C@H]1C[C@@H]2OCC[C@H]12. The van der Waals surface area contributed by atoms with Gasteiger partial charge in [0.25, 0.3) is 0 Å². The molecule has 0 radical (unpaired) electrons. The predicted octanol–water partition coefficient (Wildman–Crippen LogP) is 1.64. The molecule has 5 nitrogen and oxygen atoms in total. The lowest BCUT2D eigenvalue weighted by atomic mass is 9.76. The first kappa shape index (κ1) is 13.0. The maximum Gasteiger partial charge on any atom is 0.231 e. The van der Waals surface area contributed by atoms with Gasteiger partial charge in [-0.2, -0.15) is 0 Å². The van der Waals surface area contributed by atoms with Gasteiger partial charge in [0, 0.05) is 25.0 Å². The number of aryl methyl sites for hydroxylation is 1. The van der Waals surface area contributed by atoms with Crippen molar-refractivity contribution in [3.8, 4) is 11.5 Å². The maximum atomic E-state index is 12.0. The summed E-state index contributed by atoms with van der Waals surface area (Å²) >= 11 is 0. The molecule has 5 heteroatoms. The molecule has 1 aromatic carbocycles. The summed E-state index contributed by atoms with van der Waals surface area (Å²) < 4.78 is 16.2. The molecule has 0 spiro atoms. The molecule has 1 amide bonds. The summed E-state index contributed by atoms with van der Waals surface area (Å²) in [7, 11) is 0. The first-order chi connectivity index (χ1) is 10.3. The van der Waals surface area contributed by atoms with Crippen LogP contribution in [0.15, 0.2) is 18.2 Å². The van der Waals surface area contributed by atoms with Gasteiger partial charge in [0.2, 0.25) is 12.7 Å². The molecule has 2 aliphatic heterocycles. The fraction of sp³-hybridized carbons (Fsp3) is 0.562. The minimum atomic E-state index is 0.128. The Morgan fingerprint density at radius 2 is 2.19 bits per heavy atom. The van der Waals surface area contributed by atoms with E-state index in [1.807, 2.05) is 18.2 Å². The van der Waals surface area contributed by atoms with Crippen LogP contribution in [0.2, 0.25) is 0 Å². The number of benzene rings is 1. The number of amides is 1. The van der Waals surface area contributed by atoms with E-state index in [9.17, 15) is 4.79 Å². The van der Waals surface area contributed by atoms with Crippen molar-refractivity contribution in [3.63, 3.8) is 0 Å². The lowest BCUT2D eigenvalue weighted by Crippen LogP contribution is -2.53. The summed E-state index contributed by atoms with van der Waals surface area (Å²) in [6, 6.07) is 6.17. The molecule has 21 heavy (non-hydrogen) atoms. The van der Waals surface area contributed by atoms with Gasteiger partial charge in [0.05, 0.1) is 6.10 Å². The van der Waals surface area contributed by atoms with Crippen LogP contribution in [-0.2, 0) is 16.0 Å². The largest absolute Gasteiger partial charge is 0.454 e. The molecule has 1 N–H and O–H groups in total. The Hall–Kier alpha value is -1.75. The number of carbonyl (C=O) groups is 1. The van der Waals surface area contributed by atoms with Crippen molar-refractivity contribution < 1.29 is 19.0 Å². The molecule has 0 unspecified atom stereocenters. The smallest absolute Gasteiger partial charge is 0.231 e. The molecule has 3 atom stereocenters. The highest BCUT2D eigenvalue weighted by molar-refractivity contribution is 5.76. The highest BCUT2D eigenvalue weighted by atomic mass is 16.7. The lowest BCUT2D eigenvalue weighted by molar-refractivity contribution is -0.124. The lowest BCUT2D eigenvalue weighted by Gasteiger charge is -2.39. The number of fused-ring (bicyclic) bond motifs is 2. The van der Waals surface area contributed by atoms with E-state index in [0.29, 0.717) is 24.5 Å². The number of hydrogen-bond donors (Lipinski definition) is 1. The molecule has 1 aromatic rings. The van der Waals surface area contributed by atoms with E-state index in [-0.39, 0.29) is 12.7 Å². The molecule has 2 fully saturated rings. The van der Waals surface area contributed by atoms with Crippen LogP contribution in [0.5, 0.6) is 11.5 Å². The maximum absolute atomic E-state index is 12.0. The van der Waals surface area contributed by atoms with Gasteiger partial charge >= 0.3 is 0 Å². The van der Waals surface area contributed by atoms with Crippen molar-refractivity contribution >= 4 is 5.91 Å². The zero-order valence-corrected chi connectivity index (χ0v) is 11.8. The molecule has 1 saturated heterocycles. The summed E-state index contributed by atoms with van der Waals surface area (Å²) in [5.41, 5.74) is 1.10. The van der Waals surface area contributed by atoms with E-state index in [4.69, 9.17) is 14.2 Å². The number of carbonyl (C=O) groups excluding carboxylic acids is 1. The zero-order valence-electron chi connectivity index (χ0n) is 11.8. The van der Waals surface area contributed by atoms with Crippen LogP contribution in [0.4, 0.5) is 0 Å². The highest BCUT2D eigenvalue weighted by Crippen LogP contribution is 2.38. The topological polar surface area (TPSA) is 56.8 Å². The average molecular weight is 289 g/mol. The molecule has 1 aliphatic carbocycles. The third kappa shape index (κ3) is 2.46. The molecule has 4 rings (SSSR count). The molecule has 0 aromatic heterocycles. The second-order valence-electron chi connectivity index (χ2n) is 5.96. The first-order valence-electron chi connectivity index (χ1n) is 7.59. The van der Waals surface area contributed by atoms with Crippen LogP contribution in [0.25, 0.3) is 0 Å². The van der Waals surface area contributed by atoms with Crippen molar-refractivity contribution in [1.29, 1.82) is 0 Å². The third-order valence-corrected chi connectivity index (χ3v) is 4.69. The Labute approximate surface area is 123 Å². The van der Waals surface area contributed by atoms with E-state index in [2.05, 4.69) is 5.32 Å². The Balaban J connectivity index is 1.27. The van der Waals surface area contributed by atoms with E-state index >= 15 is 0 Å². The van der Waals surface area contributed by atoms with Crippen molar-refractivity contribution in [2.45, 2.75) is 37.8 Å². The van der Waals surface area contributed by atoms with Crippen LogP contribution in [0.1, 0.15) is 24.8 Å². The fourth-order valence-corrected chi connectivity index (χ4v) is 3.40. The molecule has 1 saturated carbocycles. The molecule has 2 heterocycles. The van der Waals surface area contributed by atoms with Gasteiger partial charge in [-0.1, -0.05) is 6.07 Å². The Morgan fingerprint density at radius 3 is 3.10 bits per heavy atom. The number of nitrogens with one attached hydrogen (secondary N) is 1. The number of hydrogen-bond acceptors (Lipinski definition) is 4. The van der Waals surface area contributed by atoms with Crippen molar-refractivity contribution in [2.24, 2.45) is 5.92 Å². The minimum Gasteiger partial charge on any atom is -0.454 e. The van der Waals surface area contributed by atoms with Crippen LogP contribution in [0, 0.1) is 5.92 Å². The third-order valence-electron chi connectivity index (χ3n) is 4.69. The molecule has 112 valence electrons. The van der Waals surface area contributed by atoms with E-state index in [0.717, 1.165) is 42.9 Å². The van der Waals surface area contributed by atoms with Crippen molar-refractivity contribution in [2.75, 3.05) is 13.4 Å². The number of rotatable bonds is 4. The van der Waals surface area contributed by atoms with Gasteiger partial charge < -0.3 is 19.5 Å². The van der Waals surface area contributed by atoms with Gasteiger partial charge in [-0.25, -0.2) is 0 Å². The quantitative estimate of drug-likeness (QED) is 0.915. The van der Waals surface area contributed by atoms with Crippen molar-refractivity contribution in [1.82, 2.24) is 5.32 Å². The van der Waals surface area contributed by atoms with E-state index < -0.39 is 0 Å². The fourth-order valence-electron chi connectivity index (χ4n) is 3.40. The Bertz CT molecular complexity index is 559. The molecular formula is C16H19NO4. The van der Waals surface area contributed by atoms with Gasteiger partial charge in [-0.15, -0.1) is 0 Å². The van der Waals surface area contributed by atoms with Crippen LogP contribution >= 0.6 is 0 Å². The van der Waals surface area contributed by atoms with Gasteiger partial charge in [0.15, 0.2) is 11.5 Å². The second-order valence-corrected chi connectivity index (χ2v) is 5.96. The minimum absolute atomic E-state index is 0.128. The van der Waals surface area contributed by atoms with E-state index in [1.54, 1.807) is 0 Å². The Kier molecular flexibility index (Phi) is 3.22. The van der Waals surface area contributed by atoms with E-state index in [1.165, 1.54) is 0 Å². The second kappa shape index (κ2) is 5.22. The van der Waals surface area contributed by atoms with Crippen LogP contribution < -0.4 is 14.8 Å². The summed E-state index contributed by atoms with van der Waals surface area (Å²) in [5.74, 6) is 2.23. The van der Waals surface area contributed by atoms with Crippen molar-refractivity contribution in [3.05, 3.63) is 23.8 Å². The van der Waals surface area contributed by atoms with Gasteiger partial charge in [-0.05, 0) is 37.0 Å². The van der Waals surface area contributed by atoms with Gasteiger partial charge in [0.1, 0.15) is 0 Å². The average Bonchev–Trinajstić information content (AvgIpc) is 3.08. The first-order valence-corrected chi connectivity index (χ1v) is 7.59. The standard InChI is InChI=1S/C16H19NO4/c18-16(17-12-8-14-11(12)5-6-19-14)4-2-10-1-3-13-15(7-10)21-9-20-13/h1,3,7,11-12,14H,2,4-6,8-9H2,(H,17,18)/t11-,12+,14+/m1/s1. The molecule has 0 bridgehead atoms. The Morgan fingerprint density at radius 1 is 1.29 bits per heavy atom. The summed E-state index contributed by atoms with van der Waals surface area (Å²) in [4.78, 5) is 12.0. The summed E-state index contributed by atoms with van der Waals surface area (Å²) in [6.07, 6.45) is 3.68. The van der Waals surface area contributed by atoms with Crippen LogP contribution in [-0.4, -0.2) is 31.5 Å². The van der Waals surface area contributed by atoms with Crippen LogP contribution in [0.3, 0.4) is 0 Å². The highest BCUT2D eigenvalue weighted by Gasteiger charge is 2.45. The normalized spacial score (nSPS) is 28.9.